The fourth-order valence-corrected chi connectivity index (χ4v) is 3.57. The molecule has 7 heteroatoms. The number of carbonyl (C=O) groups is 3. The molecule has 152 valence electrons. The molecule has 29 heavy (non-hydrogen) atoms. The van der Waals surface area contributed by atoms with Gasteiger partial charge in [-0.25, -0.2) is 0 Å². The first-order valence-corrected chi connectivity index (χ1v) is 9.95. The summed E-state index contributed by atoms with van der Waals surface area (Å²) in [5.74, 6) is -0.781. The average molecular weight is 414 g/mol. The maximum absolute atomic E-state index is 12.9. The van der Waals surface area contributed by atoms with Crippen LogP contribution in [-0.2, 0) is 9.59 Å². The molecule has 1 heterocycles. The first-order chi connectivity index (χ1) is 13.8. The topological polar surface area (TPSA) is 78.5 Å². The van der Waals surface area contributed by atoms with Crippen molar-refractivity contribution >= 4 is 40.7 Å². The van der Waals surface area contributed by atoms with Crippen molar-refractivity contribution in [1.82, 2.24) is 4.90 Å². The van der Waals surface area contributed by atoms with Crippen molar-refractivity contribution in [3.05, 3.63) is 58.6 Å². The van der Waals surface area contributed by atoms with Crippen molar-refractivity contribution in [3.8, 4) is 0 Å². The van der Waals surface area contributed by atoms with Crippen LogP contribution in [0.3, 0.4) is 0 Å². The van der Waals surface area contributed by atoms with Crippen LogP contribution in [0.2, 0.25) is 5.02 Å². The lowest BCUT2D eigenvalue weighted by Crippen LogP contribution is -2.43. The van der Waals surface area contributed by atoms with Gasteiger partial charge in [0, 0.05) is 30.6 Å². The number of rotatable bonds is 4. The van der Waals surface area contributed by atoms with Gasteiger partial charge in [-0.05, 0) is 61.7 Å². The fraction of sp³-hybridized carbons (Fsp3) is 0.318. The summed E-state index contributed by atoms with van der Waals surface area (Å²) in [5, 5.41) is 6.23. The molecular weight excluding hydrogens is 390 g/mol. The second kappa shape index (κ2) is 9.09. The number of anilines is 2. The van der Waals surface area contributed by atoms with Gasteiger partial charge in [0.25, 0.3) is 5.91 Å². The lowest BCUT2D eigenvalue weighted by Gasteiger charge is -2.32. The van der Waals surface area contributed by atoms with E-state index in [-0.39, 0.29) is 23.6 Å². The molecule has 2 aromatic carbocycles. The van der Waals surface area contributed by atoms with Gasteiger partial charge in [0.1, 0.15) is 0 Å². The van der Waals surface area contributed by atoms with E-state index in [1.165, 1.54) is 6.92 Å². The van der Waals surface area contributed by atoms with Gasteiger partial charge in [-0.3, -0.25) is 14.4 Å². The zero-order valence-electron chi connectivity index (χ0n) is 16.5. The van der Waals surface area contributed by atoms with Gasteiger partial charge in [-0.1, -0.05) is 17.7 Å². The van der Waals surface area contributed by atoms with Gasteiger partial charge in [-0.15, -0.1) is 0 Å². The van der Waals surface area contributed by atoms with Crippen LogP contribution >= 0.6 is 11.6 Å². The number of aryl methyl sites for hydroxylation is 1. The molecular formula is C22H24ClN3O3. The number of carbonyl (C=O) groups excluding carboxylic acids is 3. The van der Waals surface area contributed by atoms with Crippen molar-refractivity contribution in [2.45, 2.75) is 26.7 Å². The highest BCUT2D eigenvalue weighted by Crippen LogP contribution is 2.26. The number of halogens is 1. The Morgan fingerprint density at radius 2 is 1.76 bits per heavy atom. The number of nitrogens with one attached hydrogen (secondary N) is 2. The molecule has 1 saturated heterocycles. The van der Waals surface area contributed by atoms with Gasteiger partial charge < -0.3 is 15.5 Å². The normalized spacial score (nSPS) is 16.2. The minimum atomic E-state index is -0.314. The van der Waals surface area contributed by atoms with E-state index in [1.807, 2.05) is 19.1 Å². The van der Waals surface area contributed by atoms with Crippen LogP contribution in [-0.4, -0.2) is 35.7 Å². The zero-order valence-corrected chi connectivity index (χ0v) is 17.3. The molecule has 3 amide bonds. The molecule has 0 radical (unpaired) electrons. The molecule has 1 unspecified atom stereocenters. The van der Waals surface area contributed by atoms with Crippen LogP contribution in [0.25, 0.3) is 0 Å². The molecule has 2 aromatic rings. The summed E-state index contributed by atoms with van der Waals surface area (Å²) in [7, 11) is 0. The standard InChI is InChI=1S/C22H24ClN3O3/c1-14-5-10-19(24-15(2)27)20(12-14)25-21(28)17-4-3-11-26(13-17)22(29)16-6-8-18(23)9-7-16/h5-10,12,17H,3-4,11,13H2,1-2H3,(H,24,27)(H,25,28). The maximum Gasteiger partial charge on any atom is 0.253 e. The van der Waals surface area contributed by atoms with E-state index in [0.717, 1.165) is 12.0 Å². The molecule has 1 aliphatic rings. The lowest BCUT2D eigenvalue weighted by atomic mass is 9.96. The highest BCUT2D eigenvalue weighted by atomic mass is 35.5. The summed E-state index contributed by atoms with van der Waals surface area (Å²) in [4.78, 5) is 38.8. The van der Waals surface area contributed by atoms with E-state index < -0.39 is 0 Å². The predicted molar refractivity (Wildman–Crippen MR) is 114 cm³/mol. The Morgan fingerprint density at radius 3 is 2.45 bits per heavy atom. The third kappa shape index (κ3) is 5.35. The van der Waals surface area contributed by atoms with E-state index in [9.17, 15) is 14.4 Å². The number of nitrogens with zero attached hydrogens (tertiary/aromatic N) is 1. The van der Waals surface area contributed by atoms with Gasteiger partial charge >= 0.3 is 0 Å². The van der Waals surface area contributed by atoms with Crippen molar-refractivity contribution in [1.29, 1.82) is 0 Å². The van der Waals surface area contributed by atoms with Gasteiger partial charge in [-0.2, -0.15) is 0 Å². The molecule has 0 saturated carbocycles. The highest BCUT2D eigenvalue weighted by molar-refractivity contribution is 6.30. The van der Waals surface area contributed by atoms with Crippen molar-refractivity contribution in [2.75, 3.05) is 23.7 Å². The SMILES string of the molecule is CC(=O)Nc1ccc(C)cc1NC(=O)C1CCCN(C(=O)c2ccc(Cl)cc2)C1. The highest BCUT2D eigenvalue weighted by Gasteiger charge is 2.29. The maximum atomic E-state index is 12.9. The number of hydrogen-bond donors (Lipinski definition) is 2. The fourth-order valence-electron chi connectivity index (χ4n) is 3.45. The Labute approximate surface area is 175 Å². The van der Waals surface area contributed by atoms with Crippen LogP contribution in [0.5, 0.6) is 0 Å². The lowest BCUT2D eigenvalue weighted by molar-refractivity contribution is -0.121. The smallest absolute Gasteiger partial charge is 0.253 e. The first kappa shape index (κ1) is 20.9. The van der Waals surface area contributed by atoms with Gasteiger partial charge in [0.2, 0.25) is 11.8 Å². The Hall–Kier alpha value is -2.86. The Balaban J connectivity index is 1.70. The summed E-state index contributed by atoms with van der Waals surface area (Å²) in [6.07, 6.45) is 1.46. The third-order valence-electron chi connectivity index (χ3n) is 4.91. The molecule has 1 atom stereocenters. The Bertz CT molecular complexity index is 927. The van der Waals surface area contributed by atoms with Crippen molar-refractivity contribution in [2.24, 2.45) is 5.92 Å². The molecule has 0 aliphatic carbocycles. The van der Waals surface area contributed by atoms with Crippen molar-refractivity contribution < 1.29 is 14.4 Å². The van der Waals surface area contributed by atoms with Crippen LogP contribution in [0.4, 0.5) is 11.4 Å². The Morgan fingerprint density at radius 1 is 1.03 bits per heavy atom. The summed E-state index contributed by atoms with van der Waals surface area (Å²) in [6, 6.07) is 12.2. The second-order valence-corrected chi connectivity index (χ2v) is 7.75. The number of likely N-dealkylation sites (tertiary alicyclic amines) is 1. The molecule has 1 aliphatic heterocycles. The quantitative estimate of drug-likeness (QED) is 0.792. The molecule has 1 fully saturated rings. The minimum absolute atomic E-state index is 0.103. The largest absolute Gasteiger partial charge is 0.338 e. The number of benzene rings is 2. The van der Waals surface area contributed by atoms with E-state index in [0.29, 0.717) is 41.5 Å². The zero-order chi connectivity index (χ0) is 21.0. The molecule has 2 N–H and O–H groups in total. The number of piperidine rings is 1. The van der Waals surface area contributed by atoms with Crippen LogP contribution in [0.15, 0.2) is 42.5 Å². The minimum Gasteiger partial charge on any atom is -0.338 e. The van der Waals surface area contributed by atoms with E-state index >= 15 is 0 Å². The monoisotopic (exact) mass is 413 g/mol. The predicted octanol–water partition coefficient (Wildman–Crippen LogP) is 4.10. The second-order valence-electron chi connectivity index (χ2n) is 7.32. The molecule has 6 nitrogen and oxygen atoms in total. The van der Waals surface area contributed by atoms with Crippen LogP contribution in [0, 0.1) is 12.8 Å². The van der Waals surface area contributed by atoms with Crippen LogP contribution < -0.4 is 10.6 Å². The van der Waals surface area contributed by atoms with Gasteiger partial charge in [0.05, 0.1) is 17.3 Å². The summed E-state index contributed by atoms with van der Waals surface area (Å²) < 4.78 is 0. The summed E-state index contributed by atoms with van der Waals surface area (Å²) >= 11 is 5.90. The van der Waals surface area contributed by atoms with E-state index in [4.69, 9.17) is 11.6 Å². The summed E-state index contributed by atoms with van der Waals surface area (Å²) in [6.45, 7) is 4.31. The first-order valence-electron chi connectivity index (χ1n) is 9.57. The van der Waals surface area contributed by atoms with Crippen LogP contribution in [0.1, 0.15) is 35.7 Å². The molecule has 0 bridgehead atoms. The molecule has 0 aromatic heterocycles. The Kier molecular flexibility index (Phi) is 6.54. The van der Waals surface area contributed by atoms with E-state index in [1.54, 1.807) is 35.2 Å². The number of amides is 3. The average Bonchev–Trinajstić information content (AvgIpc) is 2.70. The third-order valence-corrected chi connectivity index (χ3v) is 5.17. The molecule has 0 spiro atoms. The molecule has 3 rings (SSSR count). The van der Waals surface area contributed by atoms with Crippen molar-refractivity contribution in [3.63, 3.8) is 0 Å². The van der Waals surface area contributed by atoms with E-state index in [2.05, 4.69) is 10.6 Å². The van der Waals surface area contributed by atoms with Gasteiger partial charge in [0.15, 0.2) is 0 Å². The summed E-state index contributed by atoms with van der Waals surface area (Å²) in [5.41, 5.74) is 2.65. The number of hydrogen-bond acceptors (Lipinski definition) is 3.